The summed E-state index contributed by atoms with van der Waals surface area (Å²) in [5, 5.41) is 8.38. The summed E-state index contributed by atoms with van der Waals surface area (Å²) in [4.78, 5) is 17.8. The quantitative estimate of drug-likeness (QED) is 0.596. The number of carbonyl (C=O) groups is 1. The zero-order chi connectivity index (χ0) is 20.1. The number of nitrogens with zero attached hydrogens (tertiary/aromatic N) is 3. The molecule has 0 aliphatic rings. The van der Waals surface area contributed by atoms with Gasteiger partial charge in [0.2, 0.25) is 0 Å². The first-order valence-corrected chi connectivity index (χ1v) is 10.2. The van der Waals surface area contributed by atoms with Crippen molar-refractivity contribution in [2.75, 3.05) is 0 Å². The minimum absolute atomic E-state index is 0.0419. The number of nitrogens with one attached hydrogen (secondary N) is 1. The Balaban J connectivity index is 1.87. The number of pyridine rings is 1. The van der Waals surface area contributed by atoms with Crippen molar-refractivity contribution in [1.82, 2.24) is 20.1 Å². The lowest BCUT2D eigenvalue weighted by molar-refractivity contribution is 0.0939. The van der Waals surface area contributed by atoms with Gasteiger partial charge in [-0.3, -0.25) is 9.48 Å². The van der Waals surface area contributed by atoms with E-state index in [1.807, 2.05) is 48.1 Å². The molecule has 5 heteroatoms. The van der Waals surface area contributed by atoms with Gasteiger partial charge in [0.05, 0.1) is 23.0 Å². The summed E-state index contributed by atoms with van der Waals surface area (Å²) >= 11 is 0. The van der Waals surface area contributed by atoms with Gasteiger partial charge in [-0.2, -0.15) is 5.10 Å². The SMILES string of the molecule is CCn1cc(-c2cc(C(=O)N[C@@H](C)CCCC(C)C)c3ccccc3n2)cn1. The molecule has 148 valence electrons. The molecule has 0 spiro atoms. The van der Waals surface area contributed by atoms with Crippen molar-refractivity contribution in [3.05, 3.63) is 48.3 Å². The van der Waals surface area contributed by atoms with Gasteiger partial charge in [0.1, 0.15) is 0 Å². The maximum Gasteiger partial charge on any atom is 0.252 e. The number of fused-ring (bicyclic) bond motifs is 1. The predicted molar refractivity (Wildman–Crippen MR) is 114 cm³/mol. The van der Waals surface area contributed by atoms with Crippen LogP contribution in [0.2, 0.25) is 0 Å². The van der Waals surface area contributed by atoms with Crippen LogP contribution in [-0.4, -0.2) is 26.7 Å². The van der Waals surface area contributed by atoms with Crippen molar-refractivity contribution < 1.29 is 4.79 Å². The average molecular weight is 379 g/mol. The molecule has 1 amide bonds. The Hall–Kier alpha value is -2.69. The number of carbonyl (C=O) groups excluding carboxylic acids is 1. The molecular formula is C23H30N4O. The number of aromatic nitrogens is 3. The standard InChI is InChI=1S/C23H30N4O/c1-5-27-15-18(14-24-27)22-13-20(19-11-6-7-12-21(19)26-22)23(28)25-17(4)10-8-9-16(2)3/h6-7,11-17H,5,8-10H2,1-4H3,(H,25,28)/t17-/m0/s1. The molecule has 2 aromatic heterocycles. The van der Waals surface area contributed by atoms with E-state index >= 15 is 0 Å². The van der Waals surface area contributed by atoms with E-state index < -0.39 is 0 Å². The van der Waals surface area contributed by atoms with Crippen LogP contribution in [0.3, 0.4) is 0 Å². The fourth-order valence-electron chi connectivity index (χ4n) is 3.39. The summed E-state index contributed by atoms with van der Waals surface area (Å²) in [6, 6.07) is 9.83. The average Bonchev–Trinajstić information content (AvgIpc) is 3.16. The number of aryl methyl sites for hydroxylation is 1. The highest BCUT2D eigenvalue weighted by Gasteiger charge is 2.16. The Labute approximate surface area is 167 Å². The molecule has 3 rings (SSSR count). The normalized spacial score (nSPS) is 12.5. The monoisotopic (exact) mass is 378 g/mol. The lowest BCUT2D eigenvalue weighted by atomic mass is 10.0. The van der Waals surface area contributed by atoms with Crippen LogP contribution in [-0.2, 0) is 6.54 Å². The first kappa shape index (κ1) is 20.1. The fourth-order valence-corrected chi connectivity index (χ4v) is 3.39. The highest BCUT2D eigenvalue weighted by Crippen LogP contribution is 2.25. The zero-order valence-corrected chi connectivity index (χ0v) is 17.3. The Bertz CT molecular complexity index is 945. The van der Waals surface area contributed by atoms with Crippen LogP contribution in [0, 0.1) is 5.92 Å². The lowest BCUT2D eigenvalue weighted by Gasteiger charge is -2.16. The summed E-state index contributed by atoms with van der Waals surface area (Å²) < 4.78 is 1.86. The summed E-state index contributed by atoms with van der Waals surface area (Å²) in [6.45, 7) is 9.38. The minimum Gasteiger partial charge on any atom is -0.350 e. The molecule has 0 saturated heterocycles. The van der Waals surface area contributed by atoms with E-state index in [9.17, 15) is 4.79 Å². The Morgan fingerprint density at radius 1 is 1.18 bits per heavy atom. The highest BCUT2D eigenvalue weighted by molar-refractivity contribution is 6.07. The third-order valence-corrected chi connectivity index (χ3v) is 5.01. The van der Waals surface area contributed by atoms with Gasteiger partial charge in [0.15, 0.2) is 0 Å². The van der Waals surface area contributed by atoms with Gasteiger partial charge in [-0.1, -0.05) is 44.9 Å². The second kappa shape index (κ2) is 9.00. The van der Waals surface area contributed by atoms with Crippen molar-refractivity contribution in [3.63, 3.8) is 0 Å². The van der Waals surface area contributed by atoms with Crippen molar-refractivity contribution >= 4 is 16.8 Å². The number of amides is 1. The summed E-state index contributed by atoms with van der Waals surface area (Å²) in [5.74, 6) is 0.651. The van der Waals surface area contributed by atoms with E-state index in [0.717, 1.165) is 41.5 Å². The van der Waals surface area contributed by atoms with E-state index in [2.05, 4.69) is 31.2 Å². The molecule has 28 heavy (non-hydrogen) atoms. The largest absolute Gasteiger partial charge is 0.350 e. The van der Waals surface area contributed by atoms with E-state index in [0.29, 0.717) is 11.5 Å². The zero-order valence-electron chi connectivity index (χ0n) is 17.3. The van der Waals surface area contributed by atoms with E-state index in [4.69, 9.17) is 4.98 Å². The first-order chi connectivity index (χ1) is 13.5. The van der Waals surface area contributed by atoms with Gasteiger partial charge in [-0.05, 0) is 38.3 Å². The van der Waals surface area contributed by atoms with Gasteiger partial charge in [-0.25, -0.2) is 4.98 Å². The molecule has 0 aliphatic carbocycles. The second-order valence-corrected chi connectivity index (χ2v) is 7.86. The Kier molecular flexibility index (Phi) is 6.45. The first-order valence-electron chi connectivity index (χ1n) is 10.2. The summed E-state index contributed by atoms with van der Waals surface area (Å²) in [5.41, 5.74) is 3.19. The van der Waals surface area contributed by atoms with E-state index in [1.54, 1.807) is 6.20 Å². The number of hydrogen-bond donors (Lipinski definition) is 1. The molecule has 3 aromatic rings. The number of benzene rings is 1. The molecule has 1 atom stereocenters. The van der Waals surface area contributed by atoms with Crippen LogP contribution in [0.15, 0.2) is 42.7 Å². The van der Waals surface area contributed by atoms with Crippen LogP contribution in [0.1, 0.15) is 57.3 Å². The van der Waals surface area contributed by atoms with Crippen LogP contribution in [0.4, 0.5) is 0 Å². The maximum atomic E-state index is 13.1. The Morgan fingerprint density at radius 2 is 1.96 bits per heavy atom. The number of para-hydroxylation sites is 1. The smallest absolute Gasteiger partial charge is 0.252 e. The number of rotatable bonds is 8. The van der Waals surface area contributed by atoms with Crippen molar-refractivity contribution in [3.8, 4) is 11.3 Å². The van der Waals surface area contributed by atoms with Crippen molar-refractivity contribution in [2.24, 2.45) is 5.92 Å². The van der Waals surface area contributed by atoms with E-state index in [-0.39, 0.29) is 11.9 Å². The third-order valence-electron chi connectivity index (χ3n) is 5.01. The van der Waals surface area contributed by atoms with Gasteiger partial charge in [-0.15, -0.1) is 0 Å². The minimum atomic E-state index is -0.0419. The summed E-state index contributed by atoms with van der Waals surface area (Å²) in [7, 11) is 0. The maximum absolute atomic E-state index is 13.1. The Morgan fingerprint density at radius 3 is 2.68 bits per heavy atom. The molecule has 0 radical (unpaired) electrons. The van der Waals surface area contributed by atoms with Crippen LogP contribution < -0.4 is 5.32 Å². The molecule has 5 nitrogen and oxygen atoms in total. The molecule has 0 fully saturated rings. The van der Waals surface area contributed by atoms with Gasteiger partial charge in [0.25, 0.3) is 5.91 Å². The van der Waals surface area contributed by atoms with Crippen LogP contribution >= 0.6 is 0 Å². The third kappa shape index (κ3) is 4.77. The molecular weight excluding hydrogens is 348 g/mol. The van der Waals surface area contributed by atoms with E-state index in [1.165, 1.54) is 6.42 Å². The highest BCUT2D eigenvalue weighted by atomic mass is 16.1. The van der Waals surface area contributed by atoms with Crippen LogP contribution in [0.25, 0.3) is 22.2 Å². The van der Waals surface area contributed by atoms with Crippen LogP contribution in [0.5, 0.6) is 0 Å². The van der Waals surface area contributed by atoms with Crippen molar-refractivity contribution in [2.45, 2.75) is 59.5 Å². The summed E-state index contributed by atoms with van der Waals surface area (Å²) in [6.07, 6.45) is 7.06. The fraction of sp³-hybridized carbons (Fsp3) is 0.435. The van der Waals surface area contributed by atoms with Gasteiger partial charge >= 0.3 is 0 Å². The second-order valence-electron chi connectivity index (χ2n) is 7.86. The molecule has 0 aliphatic heterocycles. The lowest BCUT2D eigenvalue weighted by Crippen LogP contribution is -2.32. The van der Waals surface area contributed by atoms with Crippen molar-refractivity contribution in [1.29, 1.82) is 0 Å². The van der Waals surface area contributed by atoms with Gasteiger partial charge < -0.3 is 5.32 Å². The molecule has 0 unspecified atom stereocenters. The number of hydrogen-bond acceptors (Lipinski definition) is 3. The molecule has 0 bridgehead atoms. The molecule has 1 aromatic carbocycles. The molecule has 0 saturated carbocycles. The predicted octanol–water partition coefficient (Wildman–Crippen LogP) is 5.06. The topological polar surface area (TPSA) is 59.8 Å². The molecule has 1 N–H and O–H groups in total. The van der Waals surface area contributed by atoms with Gasteiger partial charge in [0, 0.05) is 29.7 Å². The molecule has 2 heterocycles.